The van der Waals surface area contributed by atoms with E-state index in [2.05, 4.69) is 77.9 Å². The third-order valence-corrected chi connectivity index (χ3v) is 9.03. The van der Waals surface area contributed by atoms with Crippen LogP contribution in [0.1, 0.15) is 49.0 Å². The number of carbonyl (C=O) groups is 1. The fourth-order valence-corrected chi connectivity index (χ4v) is 6.72. The lowest BCUT2D eigenvalue weighted by atomic mass is 9.84. The minimum atomic E-state index is 0.182. The Bertz CT molecular complexity index is 905. The first-order valence-electron chi connectivity index (χ1n) is 12.4. The number of hydrogen-bond acceptors (Lipinski definition) is 5. The largest absolute Gasteiger partial charge is 0.384 e. The van der Waals surface area contributed by atoms with Gasteiger partial charge in [-0.05, 0) is 68.9 Å². The molecule has 6 heteroatoms. The monoisotopic (exact) mass is 468 g/mol. The van der Waals surface area contributed by atoms with Crippen molar-refractivity contribution < 1.29 is 4.79 Å². The molecule has 0 spiro atoms. The van der Waals surface area contributed by atoms with Crippen LogP contribution >= 0.6 is 11.3 Å². The SMILES string of the molecule is CC(CC(=O)N(C)CCCN1CCC(c2cccs2)(N(C)C)CC1)C1CNc2ccccc21. The fraction of sp³-hybridized carbons (Fsp3) is 0.593. The second kappa shape index (κ2) is 10.6. The van der Waals surface area contributed by atoms with E-state index in [0.29, 0.717) is 18.3 Å². The maximum atomic E-state index is 12.9. The van der Waals surface area contributed by atoms with E-state index in [0.717, 1.165) is 39.1 Å². The maximum absolute atomic E-state index is 12.9. The molecule has 180 valence electrons. The molecular formula is C27H40N4OS. The zero-order valence-corrected chi connectivity index (χ0v) is 21.5. The molecule has 2 aliphatic rings. The highest BCUT2D eigenvalue weighted by molar-refractivity contribution is 7.10. The number of anilines is 1. The van der Waals surface area contributed by atoms with Gasteiger partial charge in [0, 0.05) is 56.1 Å². The number of rotatable bonds is 9. The van der Waals surface area contributed by atoms with Crippen LogP contribution in [0.5, 0.6) is 0 Å². The van der Waals surface area contributed by atoms with E-state index in [1.54, 1.807) is 0 Å². The first kappa shape index (κ1) is 24.2. The number of piperidine rings is 1. The van der Waals surface area contributed by atoms with Crippen LogP contribution in [0.25, 0.3) is 0 Å². The molecule has 4 rings (SSSR count). The number of carbonyl (C=O) groups excluding carboxylic acids is 1. The Kier molecular flexibility index (Phi) is 7.77. The van der Waals surface area contributed by atoms with Crippen LogP contribution in [-0.2, 0) is 10.3 Å². The molecule has 1 aromatic carbocycles. The summed E-state index contributed by atoms with van der Waals surface area (Å²) in [4.78, 5) is 21.3. The number of hydrogen-bond donors (Lipinski definition) is 1. The van der Waals surface area contributed by atoms with Gasteiger partial charge in [0.05, 0.1) is 5.54 Å². The summed E-state index contributed by atoms with van der Waals surface area (Å²) in [6, 6.07) is 13.0. The van der Waals surface area contributed by atoms with Gasteiger partial charge in [-0.2, -0.15) is 0 Å². The number of thiophene rings is 1. The molecule has 2 atom stereocenters. The van der Waals surface area contributed by atoms with Gasteiger partial charge in [-0.3, -0.25) is 9.69 Å². The first-order valence-corrected chi connectivity index (χ1v) is 13.3. The summed E-state index contributed by atoms with van der Waals surface area (Å²) in [5.41, 5.74) is 2.78. The number of nitrogens with zero attached hydrogens (tertiary/aromatic N) is 3. The first-order chi connectivity index (χ1) is 15.9. The van der Waals surface area contributed by atoms with E-state index in [-0.39, 0.29) is 11.4 Å². The molecule has 3 heterocycles. The zero-order chi connectivity index (χ0) is 23.4. The highest BCUT2D eigenvalue weighted by Gasteiger charge is 2.38. The molecule has 1 amide bonds. The second-order valence-corrected chi connectivity index (χ2v) is 11.1. The predicted molar refractivity (Wildman–Crippen MR) is 139 cm³/mol. The lowest BCUT2D eigenvalue weighted by Crippen LogP contribution is -2.50. The highest BCUT2D eigenvalue weighted by Crippen LogP contribution is 2.40. The van der Waals surface area contributed by atoms with E-state index in [1.165, 1.54) is 29.0 Å². The van der Waals surface area contributed by atoms with Gasteiger partial charge in [-0.15, -0.1) is 11.3 Å². The smallest absolute Gasteiger partial charge is 0.222 e. The van der Waals surface area contributed by atoms with Crippen molar-refractivity contribution in [1.29, 1.82) is 0 Å². The topological polar surface area (TPSA) is 38.8 Å². The molecule has 2 unspecified atom stereocenters. The number of para-hydroxylation sites is 1. The number of nitrogens with one attached hydrogen (secondary N) is 1. The van der Waals surface area contributed by atoms with E-state index < -0.39 is 0 Å². The van der Waals surface area contributed by atoms with E-state index in [9.17, 15) is 4.79 Å². The summed E-state index contributed by atoms with van der Waals surface area (Å²) >= 11 is 1.88. The zero-order valence-electron chi connectivity index (χ0n) is 20.7. The molecule has 1 N–H and O–H groups in total. The van der Waals surface area contributed by atoms with Gasteiger partial charge in [-0.25, -0.2) is 0 Å². The van der Waals surface area contributed by atoms with Crippen LogP contribution in [0.15, 0.2) is 41.8 Å². The van der Waals surface area contributed by atoms with Crippen LogP contribution in [-0.4, -0.2) is 74.5 Å². The predicted octanol–water partition coefficient (Wildman–Crippen LogP) is 4.68. The lowest BCUT2D eigenvalue weighted by Gasteiger charge is -2.46. The van der Waals surface area contributed by atoms with Gasteiger partial charge < -0.3 is 15.1 Å². The summed E-state index contributed by atoms with van der Waals surface area (Å²) in [5, 5.41) is 5.69. The van der Waals surface area contributed by atoms with E-state index in [1.807, 2.05) is 23.3 Å². The standard InChI is InChI=1S/C27H40N4OS/c1-21(23-20-28-24-10-6-5-9-22(23)24)19-26(32)30(4)14-8-15-31-16-12-27(13-17-31,29(2)3)25-11-7-18-33-25/h5-7,9-11,18,21,23,28H,8,12-17,19-20H2,1-4H3. The summed E-state index contributed by atoms with van der Waals surface area (Å²) in [5.74, 6) is 1.04. The molecule has 0 saturated carbocycles. The van der Waals surface area contributed by atoms with Crippen LogP contribution < -0.4 is 5.32 Å². The normalized spacial score (nSPS) is 20.9. The number of benzene rings is 1. The minimum Gasteiger partial charge on any atom is -0.384 e. The average Bonchev–Trinajstić information content (AvgIpc) is 3.50. The molecule has 1 saturated heterocycles. The Morgan fingerprint density at radius 2 is 1.94 bits per heavy atom. The van der Waals surface area contributed by atoms with Crippen molar-refractivity contribution in [2.75, 3.05) is 59.2 Å². The molecule has 33 heavy (non-hydrogen) atoms. The van der Waals surface area contributed by atoms with Crippen LogP contribution in [0, 0.1) is 5.92 Å². The van der Waals surface area contributed by atoms with Crippen molar-refractivity contribution in [3.8, 4) is 0 Å². The molecule has 0 radical (unpaired) electrons. The Morgan fingerprint density at radius 3 is 2.64 bits per heavy atom. The maximum Gasteiger partial charge on any atom is 0.222 e. The van der Waals surface area contributed by atoms with Gasteiger partial charge in [0.25, 0.3) is 0 Å². The molecule has 1 fully saturated rings. The number of fused-ring (bicyclic) bond motifs is 1. The van der Waals surface area contributed by atoms with Crippen molar-refractivity contribution in [2.24, 2.45) is 5.92 Å². The molecule has 0 bridgehead atoms. The lowest BCUT2D eigenvalue weighted by molar-refractivity contribution is -0.131. The van der Waals surface area contributed by atoms with Gasteiger partial charge >= 0.3 is 0 Å². The second-order valence-electron chi connectivity index (χ2n) is 10.2. The van der Waals surface area contributed by atoms with Crippen molar-refractivity contribution in [3.63, 3.8) is 0 Å². The Balaban J connectivity index is 1.20. The van der Waals surface area contributed by atoms with Crippen molar-refractivity contribution >= 4 is 22.9 Å². The van der Waals surface area contributed by atoms with Crippen molar-refractivity contribution in [2.45, 2.75) is 44.1 Å². The Morgan fingerprint density at radius 1 is 1.18 bits per heavy atom. The van der Waals surface area contributed by atoms with Crippen LogP contribution in [0.4, 0.5) is 5.69 Å². The molecular weight excluding hydrogens is 428 g/mol. The molecule has 2 aliphatic heterocycles. The molecule has 0 aliphatic carbocycles. The highest BCUT2D eigenvalue weighted by atomic mass is 32.1. The average molecular weight is 469 g/mol. The Labute approximate surface area is 203 Å². The van der Waals surface area contributed by atoms with Crippen molar-refractivity contribution in [1.82, 2.24) is 14.7 Å². The third-order valence-electron chi connectivity index (χ3n) is 7.97. The molecule has 1 aromatic heterocycles. The Hall–Kier alpha value is -1.89. The molecule has 5 nitrogen and oxygen atoms in total. The van der Waals surface area contributed by atoms with E-state index >= 15 is 0 Å². The van der Waals surface area contributed by atoms with Crippen LogP contribution in [0.3, 0.4) is 0 Å². The van der Waals surface area contributed by atoms with Gasteiger partial charge in [0.1, 0.15) is 0 Å². The van der Waals surface area contributed by atoms with Gasteiger partial charge in [-0.1, -0.05) is 31.2 Å². The number of amides is 1. The van der Waals surface area contributed by atoms with Gasteiger partial charge in [0.15, 0.2) is 0 Å². The summed E-state index contributed by atoms with van der Waals surface area (Å²) < 4.78 is 0. The van der Waals surface area contributed by atoms with Crippen LogP contribution in [0.2, 0.25) is 0 Å². The third kappa shape index (κ3) is 5.28. The fourth-order valence-electron chi connectivity index (χ4n) is 5.65. The summed E-state index contributed by atoms with van der Waals surface area (Å²) in [6.07, 6.45) is 4.00. The number of likely N-dealkylation sites (tertiary alicyclic amines) is 1. The van der Waals surface area contributed by atoms with Crippen molar-refractivity contribution in [3.05, 3.63) is 52.2 Å². The van der Waals surface area contributed by atoms with E-state index in [4.69, 9.17) is 0 Å². The molecule has 2 aromatic rings. The van der Waals surface area contributed by atoms with Gasteiger partial charge in [0.2, 0.25) is 5.91 Å². The quantitative estimate of drug-likeness (QED) is 0.580. The minimum absolute atomic E-state index is 0.182. The summed E-state index contributed by atoms with van der Waals surface area (Å²) in [7, 11) is 6.41. The summed E-state index contributed by atoms with van der Waals surface area (Å²) in [6.45, 7) is 7.31.